The zero-order valence-electron chi connectivity index (χ0n) is 12.7. The van der Waals surface area contributed by atoms with Crippen LogP contribution in [0.3, 0.4) is 0 Å². The Labute approximate surface area is 133 Å². The van der Waals surface area contributed by atoms with Crippen LogP contribution in [-0.2, 0) is 9.53 Å². The zero-order chi connectivity index (χ0) is 15.6. The van der Waals surface area contributed by atoms with Gasteiger partial charge in [0.25, 0.3) is 0 Å². The molecule has 0 saturated carbocycles. The fraction of sp³-hybridized carbons (Fsp3) is 0.375. The third kappa shape index (κ3) is 3.18. The predicted octanol–water partition coefficient (Wildman–Crippen LogP) is 3.92. The summed E-state index contributed by atoms with van der Waals surface area (Å²) in [4.78, 5) is 12.0. The second-order valence-electron chi connectivity index (χ2n) is 4.95. The molecule has 0 bridgehead atoms. The normalized spacial score (nSPS) is 12.2. The van der Waals surface area contributed by atoms with Gasteiger partial charge in [-0.15, -0.1) is 0 Å². The van der Waals surface area contributed by atoms with Gasteiger partial charge >= 0.3 is 5.97 Å². The Hall–Kier alpha value is -1.62. The zero-order valence-corrected chi connectivity index (χ0v) is 14.3. The predicted molar refractivity (Wildman–Crippen MR) is 85.8 cm³/mol. The summed E-state index contributed by atoms with van der Waals surface area (Å²) in [6.07, 6.45) is 0. The van der Waals surface area contributed by atoms with Crippen molar-refractivity contribution < 1.29 is 9.53 Å². The molecule has 0 radical (unpaired) electrons. The fourth-order valence-corrected chi connectivity index (χ4v) is 2.91. The van der Waals surface area contributed by atoms with Gasteiger partial charge in [-0.05, 0) is 45.9 Å². The van der Waals surface area contributed by atoms with Gasteiger partial charge in [-0.2, -0.15) is 5.10 Å². The van der Waals surface area contributed by atoms with Crippen molar-refractivity contribution in [1.29, 1.82) is 0 Å². The van der Waals surface area contributed by atoms with Crippen LogP contribution in [0.25, 0.3) is 5.69 Å². The lowest BCUT2D eigenvalue weighted by Gasteiger charge is -2.11. The molecule has 5 heteroatoms. The summed E-state index contributed by atoms with van der Waals surface area (Å²) in [6, 6.07) is 7.92. The van der Waals surface area contributed by atoms with E-state index >= 15 is 0 Å². The molecule has 1 heterocycles. The summed E-state index contributed by atoms with van der Waals surface area (Å²) in [5, 5.41) is 4.57. The van der Waals surface area contributed by atoms with Crippen molar-refractivity contribution in [1.82, 2.24) is 9.78 Å². The molecule has 0 aliphatic carbocycles. The van der Waals surface area contributed by atoms with Gasteiger partial charge in [0.15, 0.2) is 0 Å². The van der Waals surface area contributed by atoms with Gasteiger partial charge in [0.1, 0.15) is 0 Å². The Morgan fingerprint density at radius 3 is 2.76 bits per heavy atom. The van der Waals surface area contributed by atoms with E-state index in [0.717, 1.165) is 27.1 Å². The topological polar surface area (TPSA) is 44.1 Å². The number of hydrogen-bond acceptors (Lipinski definition) is 3. The van der Waals surface area contributed by atoms with Gasteiger partial charge in [-0.25, -0.2) is 4.68 Å². The van der Waals surface area contributed by atoms with E-state index < -0.39 is 0 Å². The van der Waals surface area contributed by atoms with Gasteiger partial charge in [-0.1, -0.05) is 22.0 Å². The number of carbonyl (C=O) groups is 1. The van der Waals surface area contributed by atoms with Crippen LogP contribution in [0.15, 0.2) is 28.7 Å². The van der Waals surface area contributed by atoms with Crippen LogP contribution < -0.4 is 0 Å². The molecule has 0 spiro atoms. The Morgan fingerprint density at radius 2 is 2.14 bits per heavy atom. The van der Waals surface area contributed by atoms with Crippen LogP contribution in [0.2, 0.25) is 0 Å². The molecule has 0 aliphatic heterocycles. The largest absolute Gasteiger partial charge is 0.466 e. The van der Waals surface area contributed by atoms with E-state index in [1.807, 2.05) is 56.6 Å². The average molecular weight is 351 g/mol. The summed E-state index contributed by atoms with van der Waals surface area (Å²) >= 11 is 3.47. The Kier molecular flexibility index (Phi) is 4.83. The second-order valence-corrected chi connectivity index (χ2v) is 5.87. The van der Waals surface area contributed by atoms with Crippen LogP contribution in [-0.4, -0.2) is 22.4 Å². The van der Waals surface area contributed by atoms with Crippen LogP contribution in [0.5, 0.6) is 0 Å². The molecule has 0 aliphatic rings. The molecule has 1 aromatic heterocycles. The average Bonchev–Trinajstić information content (AvgIpc) is 2.73. The van der Waals surface area contributed by atoms with Gasteiger partial charge in [0.2, 0.25) is 0 Å². The molecule has 1 unspecified atom stereocenters. The number of nitrogens with zero attached hydrogens (tertiary/aromatic N) is 2. The highest BCUT2D eigenvalue weighted by Crippen LogP contribution is 2.27. The lowest BCUT2D eigenvalue weighted by atomic mass is 9.99. The first-order valence-electron chi connectivity index (χ1n) is 6.94. The highest BCUT2D eigenvalue weighted by molar-refractivity contribution is 9.10. The highest BCUT2D eigenvalue weighted by Gasteiger charge is 2.24. The highest BCUT2D eigenvalue weighted by atomic mass is 79.9. The number of carbonyl (C=O) groups excluding carboxylic acids is 1. The second kappa shape index (κ2) is 6.43. The third-order valence-electron chi connectivity index (χ3n) is 3.47. The molecule has 2 aromatic rings. The van der Waals surface area contributed by atoms with E-state index in [-0.39, 0.29) is 11.9 Å². The molecule has 112 valence electrons. The van der Waals surface area contributed by atoms with Crippen molar-refractivity contribution in [3.63, 3.8) is 0 Å². The lowest BCUT2D eigenvalue weighted by Crippen LogP contribution is -2.14. The van der Waals surface area contributed by atoms with Gasteiger partial charge < -0.3 is 4.74 Å². The minimum atomic E-state index is -0.314. The van der Waals surface area contributed by atoms with E-state index in [0.29, 0.717) is 6.61 Å². The number of rotatable bonds is 4. The Balaban J connectivity index is 2.45. The van der Waals surface area contributed by atoms with Gasteiger partial charge in [0, 0.05) is 15.7 Å². The number of aryl methyl sites for hydroxylation is 1. The first-order chi connectivity index (χ1) is 9.95. The fourth-order valence-electron chi connectivity index (χ4n) is 2.53. The minimum Gasteiger partial charge on any atom is -0.466 e. The van der Waals surface area contributed by atoms with Crippen LogP contribution in [0.1, 0.15) is 36.7 Å². The number of benzene rings is 1. The van der Waals surface area contributed by atoms with E-state index in [2.05, 4.69) is 21.0 Å². The maximum absolute atomic E-state index is 12.0. The maximum Gasteiger partial charge on any atom is 0.313 e. The van der Waals surface area contributed by atoms with Crippen LogP contribution in [0, 0.1) is 13.8 Å². The molecule has 4 nitrogen and oxygen atoms in total. The SMILES string of the molecule is CCOC(=O)C(C)c1c(C)nn(-c2cccc(Br)c2)c1C. The summed E-state index contributed by atoms with van der Waals surface area (Å²) in [7, 11) is 0. The van der Waals surface area contributed by atoms with Crippen molar-refractivity contribution in [3.05, 3.63) is 45.7 Å². The molecule has 0 amide bonds. The Morgan fingerprint density at radius 1 is 1.43 bits per heavy atom. The van der Waals surface area contributed by atoms with Crippen LogP contribution >= 0.6 is 15.9 Å². The van der Waals surface area contributed by atoms with Crippen LogP contribution in [0.4, 0.5) is 0 Å². The minimum absolute atomic E-state index is 0.211. The first-order valence-corrected chi connectivity index (χ1v) is 7.73. The first kappa shape index (κ1) is 15.8. The van der Waals surface area contributed by atoms with Crippen molar-refractivity contribution in [3.8, 4) is 5.69 Å². The monoisotopic (exact) mass is 350 g/mol. The van der Waals surface area contributed by atoms with E-state index in [9.17, 15) is 4.79 Å². The maximum atomic E-state index is 12.0. The lowest BCUT2D eigenvalue weighted by molar-refractivity contribution is -0.144. The van der Waals surface area contributed by atoms with Gasteiger partial charge in [-0.3, -0.25) is 4.79 Å². The molecule has 0 N–H and O–H groups in total. The quantitative estimate of drug-likeness (QED) is 0.785. The number of hydrogen-bond donors (Lipinski definition) is 0. The van der Waals surface area contributed by atoms with Crippen molar-refractivity contribution in [2.75, 3.05) is 6.61 Å². The number of ether oxygens (including phenoxy) is 1. The molecule has 21 heavy (non-hydrogen) atoms. The van der Waals surface area contributed by atoms with E-state index in [1.54, 1.807) is 0 Å². The molecular weight excluding hydrogens is 332 g/mol. The van der Waals surface area contributed by atoms with E-state index in [1.165, 1.54) is 0 Å². The number of halogens is 1. The molecule has 2 rings (SSSR count). The summed E-state index contributed by atoms with van der Waals surface area (Å²) < 4.78 is 7.98. The molecule has 0 fully saturated rings. The summed E-state index contributed by atoms with van der Waals surface area (Å²) in [6.45, 7) is 7.97. The molecule has 1 atom stereocenters. The number of aromatic nitrogens is 2. The van der Waals surface area contributed by atoms with Gasteiger partial charge in [0.05, 0.1) is 23.9 Å². The molecule has 0 saturated heterocycles. The van der Waals surface area contributed by atoms with E-state index in [4.69, 9.17) is 4.74 Å². The standard InChI is InChI=1S/C16H19BrN2O2/c1-5-21-16(20)10(2)15-11(3)18-19(12(15)4)14-8-6-7-13(17)9-14/h6-10H,5H2,1-4H3. The Bertz CT molecular complexity index is 664. The van der Waals surface area contributed by atoms with Crippen molar-refractivity contribution in [2.45, 2.75) is 33.6 Å². The number of esters is 1. The summed E-state index contributed by atoms with van der Waals surface area (Å²) in [5.41, 5.74) is 3.72. The molecule has 1 aromatic carbocycles. The molecular formula is C16H19BrN2O2. The van der Waals surface area contributed by atoms with Crippen molar-refractivity contribution >= 4 is 21.9 Å². The smallest absolute Gasteiger partial charge is 0.313 e. The third-order valence-corrected chi connectivity index (χ3v) is 3.97. The van der Waals surface area contributed by atoms with Crippen molar-refractivity contribution in [2.24, 2.45) is 0 Å². The summed E-state index contributed by atoms with van der Waals surface area (Å²) in [5.74, 6) is -0.525.